The lowest BCUT2D eigenvalue weighted by Gasteiger charge is -2.11. The number of carbonyl (C=O) groups is 3. The third-order valence-electron chi connectivity index (χ3n) is 4.73. The molecule has 146 valence electrons. The number of hydrogen-bond donors (Lipinski definition) is 3. The molecule has 1 atom stereocenters. The van der Waals surface area contributed by atoms with Crippen LogP contribution in [0.3, 0.4) is 0 Å². The van der Waals surface area contributed by atoms with Crippen LogP contribution < -0.4 is 16.4 Å². The van der Waals surface area contributed by atoms with Gasteiger partial charge in [-0.1, -0.05) is 18.2 Å². The molecule has 4 rings (SSSR count). The van der Waals surface area contributed by atoms with Gasteiger partial charge in [-0.05, 0) is 49.2 Å². The number of hydrogen-bond acceptors (Lipinski definition) is 5. The number of thiazole rings is 1. The summed E-state index contributed by atoms with van der Waals surface area (Å²) in [6.45, 7) is 0. The summed E-state index contributed by atoms with van der Waals surface area (Å²) in [6.07, 6.45) is 1.42. The van der Waals surface area contributed by atoms with Crippen LogP contribution in [0.1, 0.15) is 43.6 Å². The average molecular weight is 406 g/mol. The fraction of sp³-hybridized carbons (Fsp3) is 0.143. The number of primary amides is 1. The monoisotopic (exact) mass is 406 g/mol. The van der Waals surface area contributed by atoms with Gasteiger partial charge in [-0.3, -0.25) is 19.7 Å². The molecule has 1 heterocycles. The number of anilines is 2. The number of aromatic nitrogens is 1. The van der Waals surface area contributed by atoms with Crippen molar-refractivity contribution in [2.75, 3.05) is 10.6 Å². The molecule has 0 aliphatic heterocycles. The Morgan fingerprint density at radius 2 is 1.69 bits per heavy atom. The first-order valence-corrected chi connectivity index (χ1v) is 9.89. The molecular weight excluding hydrogens is 388 g/mol. The Labute approximate surface area is 171 Å². The number of nitrogens with two attached hydrogens (primary N) is 1. The minimum atomic E-state index is -0.518. The van der Waals surface area contributed by atoms with Crippen molar-refractivity contribution in [1.82, 2.24) is 4.98 Å². The Morgan fingerprint density at radius 3 is 2.38 bits per heavy atom. The van der Waals surface area contributed by atoms with Crippen molar-refractivity contribution in [3.8, 4) is 0 Å². The van der Waals surface area contributed by atoms with E-state index in [1.165, 1.54) is 11.3 Å². The van der Waals surface area contributed by atoms with E-state index in [-0.39, 0.29) is 17.7 Å². The molecule has 0 fully saturated rings. The number of carbonyl (C=O) groups excluding carboxylic acids is 3. The van der Waals surface area contributed by atoms with Crippen LogP contribution in [0.25, 0.3) is 0 Å². The number of nitrogens with one attached hydrogen (secondary N) is 2. The molecule has 3 aromatic rings. The molecule has 2 aromatic carbocycles. The molecule has 8 heteroatoms. The third kappa shape index (κ3) is 4.02. The van der Waals surface area contributed by atoms with Gasteiger partial charge in [0.15, 0.2) is 5.13 Å². The van der Waals surface area contributed by atoms with Gasteiger partial charge < -0.3 is 11.1 Å². The summed E-state index contributed by atoms with van der Waals surface area (Å²) in [5.41, 5.74) is 7.46. The maximum Gasteiger partial charge on any atom is 0.257 e. The van der Waals surface area contributed by atoms with Crippen LogP contribution in [-0.4, -0.2) is 22.7 Å². The lowest BCUT2D eigenvalue weighted by Crippen LogP contribution is -2.20. The highest BCUT2D eigenvalue weighted by atomic mass is 32.1. The smallest absolute Gasteiger partial charge is 0.257 e. The lowest BCUT2D eigenvalue weighted by molar-refractivity contribution is -0.117. The Balaban J connectivity index is 1.45. The van der Waals surface area contributed by atoms with E-state index in [1.54, 1.807) is 48.5 Å². The topological polar surface area (TPSA) is 114 Å². The van der Waals surface area contributed by atoms with Gasteiger partial charge in [-0.25, -0.2) is 4.98 Å². The molecule has 1 aromatic heterocycles. The summed E-state index contributed by atoms with van der Waals surface area (Å²) < 4.78 is 0. The number of benzene rings is 2. The predicted molar refractivity (Wildman–Crippen MR) is 111 cm³/mol. The predicted octanol–water partition coefficient (Wildman–Crippen LogP) is 3.16. The highest BCUT2D eigenvalue weighted by Crippen LogP contribution is 2.39. The second kappa shape index (κ2) is 7.84. The number of rotatable bonds is 5. The molecule has 4 N–H and O–H groups in total. The van der Waals surface area contributed by atoms with Gasteiger partial charge >= 0.3 is 0 Å². The van der Waals surface area contributed by atoms with E-state index in [0.29, 0.717) is 34.1 Å². The van der Waals surface area contributed by atoms with Gasteiger partial charge in [0.05, 0.1) is 11.6 Å². The SMILES string of the molecule is NC(=O)c1ccc(NC(=O)C2CCc3sc(NC(=O)c4ccccc4)nc32)cc1. The van der Waals surface area contributed by atoms with Crippen LogP contribution in [0, 0.1) is 0 Å². The number of fused-ring (bicyclic) bond motifs is 1. The fourth-order valence-corrected chi connectivity index (χ4v) is 4.28. The summed E-state index contributed by atoms with van der Waals surface area (Å²) in [4.78, 5) is 41.7. The largest absolute Gasteiger partial charge is 0.366 e. The lowest BCUT2D eigenvalue weighted by atomic mass is 10.1. The average Bonchev–Trinajstić information content (AvgIpc) is 3.29. The van der Waals surface area contributed by atoms with Gasteiger partial charge in [0.1, 0.15) is 0 Å². The van der Waals surface area contributed by atoms with Gasteiger partial charge in [-0.15, -0.1) is 11.3 Å². The molecular formula is C21H18N4O3S. The molecule has 0 spiro atoms. The third-order valence-corrected chi connectivity index (χ3v) is 5.77. The number of aryl methyl sites for hydroxylation is 1. The minimum Gasteiger partial charge on any atom is -0.366 e. The Hall–Kier alpha value is -3.52. The van der Waals surface area contributed by atoms with Crippen LogP contribution in [-0.2, 0) is 11.2 Å². The number of nitrogens with zero attached hydrogens (tertiary/aromatic N) is 1. The van der Waals surface area contributed by atoms with Crippen LogP contribution in [0.4, 0.5) is 10.8 Å². The second-order valence-electron chi connectivity index (χ2n) is 6.67. The second-order valence-corrected chi connectivity index (χ2v) is 7.75. The molecule has 29 heavy (non-hydrogen) atoms. The molecule has 0 saturated carbocycles. The highest BCUT2D eigenvalue weighted by Gasteiger charge is 2.33. The quantitative estimate of drug-likeness (QED) is 0.604. The molecule has 0 bridgehead atoms. The summed E-state index contributed by atoms with van der Waals surface area (Å²) in [5.74, 6) is -1.29. The zero-order valence-corrected chi connectivity index (χ0v) is 16.2. The molecule has 1 unspecified atom stereocenters. The zero-order chi connectivity index (χ0) is 20.4. The van der Waals surface area contributed by atoms with E-state index in [1.807, 2.05) is 6.07 Å². The van der Waals surface area contributed by atoms with Gasteiger partial charge in [0.25, 0.3) is 5.91 Å². The standard InChI is InChI=1S/C21H18N4O3S/c22-18(26)12-6-8-14(9-7-12)23-20(28)15-10-11-16-17(15)24-21(29-16)25-19(27)13-4-2-1-3-5-13/h1-9,15H,10-11H2,(H2,22,26)(H,23,28)(H,24,25,27). The maximum absolute atomic E-state index is 12.7. The van der Waals surface area contributed by atoms with Gasteiger partial charge in [0.2, 0.25) is 11.8 Å². The van der Waals surface area contributed by atoms with Crippen molar-refractivity contribution < 1.29 is 14.4 Å². The van der Waals surface area contributed by atoms with E-state index in [0.717, 1.165) is 11.3 Å². The van der Waals surface area contributed by atoms with Crippen molar-refractivity contribution in [1.29, 1.82) is 0 Å². The minimum absolute atomic E-state index is 0.165. The van der Waals surface area contributed by atoms with E-state index < -0.39 is 5.91 Å². The van der Waals surface area contributed by atoms with E-state index in [9.17, 15) is 14.4 Å². The van der Waals surface area contributed by atoms with Crippen molar-refractivity contribution in [3.05, 3.63) is 76.3 Å². The van der Waals surface area contributed by atoms with Crippen LogP contribution in [0.15, 0.2) is 54.6 Å². The summed E-state index contributed by atoms with van der Waals surface area (Å²) in [5, 5.41) is 6.15. The van der Waals surface area contributed by atoms with Crippen LogP contribution >= 0.6 is 11.3 Å². The van der Waals surface area contributed by atoms with E-state index in [4.69, 9.17) is 5.73 Å². The molecule has 0 radical (unpaired) electrons. The summed E-state index contributed by atoms with van der Waals surface area (Å²) in [6, 6.07) is 15.3. The van der Waals surface area contributed by atoms with Crippen molar-refractivity contribution >= 4 is 39.9 Å². The maximum atomic E-state index is 12.7. The fourth-order valence-electron chi connectivity index (χ4n) is 3.24. The Morgan fingerprint density at radius 1 is 0.966 bits per heavy atom. The van der Waals surface area contributed by atoms with E-state index in [2.05, 4.69) is 15.6 Å². The molecule has 7 nitrogen and oxygen atoms in total. The molecule has 1 aliphatic rings. The molecule has 3 amide bonds. The van der Waals surface area contributed by atoms with Crippen molar-refractivity contribution in [2.24, 2.45) is 5.73 Å². The summed E-state index contributed by atoms with van der Waals surface area (Å²) >= 11 is 1.40. The highest BCUT2D eigenvalue weighted by molar-refractivity contribution is 7.16. The number of amides is 3. The van der Waals surface area contributed by atoms with Crippen LogP contribution in [0.2, 0.25) is 0 Å². The Bertz CT molecular complexity index is 1080. The van der Waals surface area contributed by atoms with Gasteiger partial charge in [-0.2, -0.15) is 0 Å². The first kappa shape index (κ1) is 18.8. The molecule has 0 saturated heterocycles. The van der Waals surface area contributed by atoms with Crippen molar-refractivity contribution in [3.63, 3.8) is 0 Å². The zero-order valence-electron chi connectivity index (χ0n) is 15.3. The molecule has 1 aliphatic carbocycles. The first-order chi connectivity index (χ1) is 14.0. The Kier molecular flexibility index (Phi) is 5.09. The van der Waals surface area contributed by atoms with Crippen LogP contribution in [0.5, 0.6) is 0 Å². The van der Waals surface area contributed by atoms with E-state index >= 15 is 0 Å². The first-order valence-electron chi connectivity index (χ1n) is 9.08. The normalized spacial score (nSPS) is 14.8. The van der Waals surface area contributed by atoms with Gasteiger partial charge in [0, 0.05) is 21.7 Å². The summed E-state index contributed by atoms with van der Waals surface area (Å²) in [7, 11) is 0. The van der Waals surface area contributed by atoms with Crippen molar-refractivity contribution in [2.45, 2.75) is 18.8 Å².